The highest BCUT2D eigenvalue weighted by Gasteiger charge is 2.20. The maximum absolute atomic E-state index is 12.1. The standard InChI is InChI=1S/C16H21NO3/c1-4-5-6-7-14(16(19)20)17-15(18)13-9-11(2)8-12(3)10-13/h4,8-10,14H,1,5-7H2,2-3H3,(H,17,18)(H,19,20)/t14-/m0/s1. The van der Waals surface area contributed by atoms with E-state index in [0.717, 1.165) is 17.5 Å². The number of hydrogen-bond donors (Lipinski definition) is 2. The minimum atomic E-state index is -1.01. The number of aryl methyl sites for hydroxylation is 2. The monoisotopic (exact) mass is 275 g/mol. The van der Waals surface area contributed by atoms with Gasteiger partial charge >= 0.3 is 5.97 Å². The SMILES string of the molecule is C=CCCC[C@H](NC(=O)c1cc(C)cc(C)c1)C(=O)O. The number of unbranched alkanes of at least 4 members (excludes halogenated alkanes) is 1. The Morgan fingerprint density at radius 3 is 2.40 bits per heavy atom. The molecule has 0 aliphatic heterocycles. The second-order valence-electron chi connectivity index (χ2n) is 4.96. The second kappa shape index (κ2) is 7.48. The van der Waals surface area contributed by atoms with E-state index in [0.29, 0.717) is 18.4 Å². The Hall–Kier alpha value is -2.10. The van der Waals surface area contributed by atoms with Crippen molar-refractivity contribution in [2.75, 3.05) is 0 Å². The van der Waals surface area contributed by atoms with Crippen LogP contribution in [-0.2, 0) is 4.79 Å². The number of benzene rings is 1. The highest BCUT2D eigenvalue weighted by atomic mass is 16.4. The first kappa shape index (κ1) is 16.0. The molecule has 1 aromatic carbocycles. The summed E-state index contributed by atoms with van der Waals surface area (Å²) in [5.74, 6) is -1.35. The van der Waals surface area contributed by atoms with Crippen LogP contribution in [0.4, 0.5) is 0 Å². The quantitative estimate of drug-likeness (QED) is 0.594. The Bertz CT molecular complexity index is 488. The molecule has 0 saturated heterocycles. The Morgan fingerprint density at radius 1 is 1.30 bits per heavy atom. The summed E-state index contributed by atoms with van der Waals surface area (Å²) in [7, 11) is 0. The van der Waals surface area contributed by atoms with E-state index in [2.05, 4.69) is 11.9 Å². The van der Waals surface area contributed by atoms with Crippen molar-refractivity contribution in [1.82, 2.24) is 5.32 Å². The number of carbonyl (C=O) groups is 2. The average Bonchev–Trinajstić information content (AvgIpc) is 2.36. The van der Waals surface area contributed by atoms with Crippen molar-refractivity contribution in [2.45, 2.75) is 39.2 Å². The molecule has 0 bridgehead atoms. The fourth-order valence-corrected chi connectivity index (χ4v) is 2.07. The van der Waals surface area contributed by atoms with Crippen molar-refractivity contribution in [1.29, 1.82) is 0 Å². The molecular formula is C16H21NO3. The van der Waals surface area contributed by atoms with Crippen LogP contribution >= 0.6 is 0 Å². The fourth-order valence-electron chi connectivity index (χ4n) is 2.07. The Balaban J connectivity index is 2.74. The van der Waals surface area contributed by atoms with E-state index in [9.17, 15) is 9.59 Å². The van der Waals surface area contributed by atoms with Crippen LogP contribution in [0, 0.1) is 13.8 Å². The number of aliphatic carboxylic acids is 1. The highest BCUT2D eigenvalue weighted by Crippen LogP contribution is 2.10. The zero-order valence-electron chi connectivity index (χ0n) is 12.0. The van der Waals surface area contributed by atoms with Crippen LogP contribution in [0.15, 0.2) is 30.9 Å². The normalized spacial score (nSPS) is 11.7. The second-order valence-corrected chi connectivity index (χ2v) is 4.96. The summed E-state index contributed by atoms with van der Waals surface area (Å²) in [6.07, 6.45) is 3.57. The number of amides is 1. The minimum Gasteiger partial charge on any atom is -0.480 e. The Morgan fingerprint density at radius 2 is 1.90 bits per heavy atom. The van der Waals surface area contributed by atoms with Gasteiger partial charge in [0.1, 0.15) is 6.04 Å². The van der Waals surface area contributed by atoms with E-state index >= 15 is 0 Å². The smallest absolute Gasteiger partial charge is 0.326 e. The lowest BCUT2D eigenvalue weighted by molar-refractivity contribution is -0.139. The van der Waals surface area contributed by atoms with Crippen LogP contribution in [0.1, 0.15) is 40.7 Å². The number of rotatable bonds is 7. The molecule has 1 amide bonds. The molecule has 1 rings (SSSR count). The molecule has 108 valence electrons. The van der Waals surface area contributed by atoms with Gasteiger partial charge in [-0.05, 0) is 45.2 Å². The molecule has 0 fully saturated rings. The topological polar surface area (TPSA) is 66.4 Å². The van der Waals surface area contributed by atoms with E-state index in [4.69, 9.17) is 5.11 Å². The van der Waals surface area contributed by atoms with Gasteiger partial charge in [-0.3, -0.25) is 4.79 Å². The van der Waals surface area contributed by atoms with Gasteiger partial charge in [-0.1, -0.05) is 23.3 Å². The Kier molecular flexibility index (Phi) is 5.97. The van der Waals surface area contributed by atoms with Gasteiger partial charge < -0.3 is 10.4 Å². The minimum absolute atomic E-state index is 0.345. The van der Waals surface area contributed by atoms with Crippen LogP contribution in [0.25, 0.3) is 0 Å². The zero-order chi connectivity index (χ0) is 15.1. The summed E-state index contributed by atoms with van der Waals surface area (Å²) in [5, 5.41) is 11.7. The van der Waals surface area contributed by atoms with Crippen LogP contribution in [0.3, 0.4) is 0 Å². The number of hydrogen-bond acceptors (Lipinski definition) is 2. The summed E-state index contributed by atoms with van der Waals surface area (Å²) in [6.45, 7) is 7.41. The van der Waals surface area contributed by atoms with E-state index in [1.54, 1.807) is 18.2 Å². The lowest BCUT2D eigenvalue weighted by Gasteiger charge is -2.14. The largest absolute Gasteiger partial charge is 0.480 e. The fraction of sp³-hybridized carbons (Fsp3) is 0.375. The molecule has 0 aliphatic carbocycles. The van der Waals surface area contributed by atoms with E-state index in [1.807, 2.05) is 19.9 Å². The van der Waals surface area contributed by atoms with E-state index < -0.39 is 12.0 Å². The Labute approximate surface area is 119 Å². The van der Waals surface area contributed by atoms with Gasteiger partial charge in [-0.25, -0.2) is 4.79 Å². The lowest BCUT2D eigenvalue weighted by Crippen LogP contribution is -2.40. The third kappa shape index (κ3) is 4.88. The van der Waals surface area contributed by atoms with Gasteiger partial charge in [-0.2, -0.15) is 0 Å². The van der Waals surface area contributed by atoms with Gasteiger partial charge in [0.25, 0.3) is 5.91 Å². The molecule has 20 heavy (non-hydrogen) atoms. The first-order valence-corrected chi connectivity index (χ1v) is 6.67. The summed E-state index contributed by atoms with van der Waals surface area (Å²) in [4.78, 5) is 23.3. The molecule has 0 aromatic heterocycles. The van der Waals surface area contributed by atoms with Crippen molar-refractivity contribution >= 4 is 11.9 Å². The van der Waals surface area contributed by atoms with Crippen molar-refractivity contribution in [3.05, 3.63) is 47.5 Å². The van der Waals surface area contributed by atoms with Crippen LogP contribution < -0.4 is 5.32 Å². The number of carboxylic acids is 1. The third-order valence-corrected chi connectivity index (χ3v) is 2.99. The van der Waals surface area contributed by atoms with Crippen LogP contribution in [-0.4, -0.2) is 23.0 Å². The van der Waals surface area contributed by atoms with E-state index in [1.165, 1.54) is 0 Å². The summed E-state index contributed by atoms with van der Waals surface area (Å²) in [6, 6.07) is 4.62. The molecule has 0 aliphatic rings. The molecule has 0 saturated carbocycles. The predicted molar refractivity (Wildman–Crippen MR) is 78.9 cm³/mol. The summed E-state index contributed by atoms with van der Waals surface area (Å²) >= 11 is 0. The zero-order valence-corrected chi connectivity index (χ0v) is 12.0. The number of nitrogens with one attached hydrogen (secondary N) is 1. The maximum Gasteiger partial charge on any atom is 0.326 e. The van der Waals surface area contributed by atoms with Crippen LogP contribution in [0.5, 0.6) is 0 Å². The molecule has 4 nitrogen and oxygen atoms in total. The first-order valence-electron chi connectivity index (χ1n) is 6.67. The molecule has 0 unspecified atom stereocenters. The maximum atomic E-state index is 12.1. The van der Waals surface area contributed by atoms with Gasteiger partial charge in [0.2, 0.25) is 0 Å². The van der Waals surface area contributed by atoms with Gasteiger partial charge in [-0.15, -0.1) is 6.58 Å². The predicted octanol–water partition coefficient (Wildman–Crippen LogP) is 2.84. The molecular weight excluding hydrogens is 254 g/mol. The van der Waals surface area contributed by atoms with Gasteiger partial charge in [0.05, 0.1) is 0 Å². The average molecular weight is 275 g/mol. The van der Waals surface area contributed by atoms with Gasteiger partial charge in [0.15, 0.2) is 0 Å². The molecule has 0 heterocycles. The summed E-state index contributed by atoms with van der Waals surface area (Å²) < 4.78 is 0. The first-order chi connectivity index (χ1) is 9.43. The highest BCUT2D eigenvalue weighted by molar-refractivity contribution is 5.96. The van der Waals surface area contributed by atoms with Crippen molar-refractivity contribution in [3.8, 4) is 0 Å². The molecule has 2 N–H and O–H groups in total. The van der Waals surface area contributed by atoms with Crippen molar-refractivity contribution in [2.24, 2.45) is 0 Å². The van der Waals surface area contributed by atoms with Crippen LogP contribution in [0.2, 0.25) is 0 Å². The molecule has 1 atom stereocenters. The van der Waals surface area contributed by atoms with E-state index in [-0.39, 0.29) is 5.91 Å². The molecule has 1 aromatic rings. The van der Waals surface area contributed by atoms with Gasteiger partial charge in [0, 0.05) is 5.56 Å². The lowest BCUT2D eigenvalue weighted by atomic mass is 10.1. The number of carboxylic acid groups (broad SMARTS) is 1. The molecule has 0 radical (unpaired) electrons. The van der Waals surface area contributed by atoms with Crippen molar-refractivity contribution in [3.63, 3.8) is 0 Å². The number of carbonyl (C=O) groups excluding carboxylic acids is 1. The molecule has 0 spiro atoms. The third-order valence-electron chi connectivity index (χ3n) is 2.99. The number of allylic oxidation sites excluding steroid dienone is 1. The molecule has 4 heteroatoms. The van der Waals surface area contributed by atoms with Crippen molar-refractivity contribution < 1.29 is 14.7 Å². The summed E-state index contributed by atoms with van der Waals surface area (Å²) in [5.41, 5.74) is 2.46.